The minimum absolute atomic E-state index is 0.00915. The number of rotatable bonds is 4. The molecule has 1 aliphatic rings. The van der Waals surface area contributed by atoms with E-state index in [9.17, 15) is 4.79 Å². The lowest BCUT2D eigenvalue weighted by molar-refractivity contribution is -0.121. The van der Waals surface area contributed by atoms with Gasteiger partial charge in [0.1, 0.15) is 6.10 Å². The zero-order chi connectivity index (χ0) is 16.2. The minimum atomic E-state index is -0.118. The van der Waals surface area contributed by atoms with Gasteiger partial charge in [-0.3, -0.25) is 9.78 Å². The van der Waals surface area contributed by atoms with Gasteiger partial charge in [0.25, 0.3) is 0 Å². The summed E-state index contributed by atoms with van der Waals surface area (Å²) < 4.78 is 5.79. The van der Waals surface area contributed by atoms with Gasteiger partial charge in [0.15, 0.2) is 0 Å². The quantitative estimate of drug-likeness (QED) is 0.936. The molecule has 1 saturated heterocycles. The maximum atomic E-state index is 12.3. The molecule has 1 aromatic heterocycles. The largest absolute Gasteiger partial charge is 0.371 e. The molecule has 120 valence electrons. The molecule has 3 rings (SSSR count). The molecule has 1 aromatic carbocycles. The molecule has 4 nitrogen and oxygen atoms in total. The third-order valence-electron chi connectivity index (χ3n) is 3.97. The van der Waals surface area contributed by atoms with Gasteiger partial charge in [-0.1, -0.05) is 29.8 Å². The molecule has 0 radical (unpaired) electrons. The second-order valence-electron chi connectivity index (χ2n) is 5.79. The number of amides is 1. The Morgan fingerprint density at radius 1 is 1.30 bits per heavy atom. The van der Waals surface area contributed by atoms with E-state index >= 15 is 0 Å². The van der Waals surface area contributed by atoms with Crippen molar-refractivity contribution in [2.45, 2.75) is 31.9 Å². The van der Waals surface area contributed by atoms with Crippen LogP contribution in [0.25, 0.3) is 0 Å². The van der Waals surface area contributed by atoms with Crippen LogP contribution in [0.2, 0.25) is 5.02 Å². The summed E-state index contributed by atoms with van der Waals surface area (Å²) in [6.07, 6.45) is 2.77. The second kappa shape index (κ2) is 7.11. The standard InChI is InChI=1S/C18H19ClN2O2/c1-12-2-3-13(11-20-12)10-17(22)21-16-8-9-23-18(16)14-4-6-15(19)7-5-14/h2-7,11,16,18H,8-10H2,1H3,(H,21,22)/t16-,18+/m1/s1. The first-order valence-electron chi connectivity index (χ1n) is 7.70. The normalized spacial score (nSPS) is 20.4. The number of pyridine rings is 1. The van der Waals surface area contributed by atoms with E-state index < -0.39 is 0 Å². The first-order chi connectivity index (χ1) is 11.1. The van der Waals surface area contributed by atoms with Crippen LogP contribution in [0.4, 0.5) is 0 Å². The van der Waals surface area contributed by atoms with Crippen molar-refractivity contribution >= 4 is 17.5 Å². The Kier molecular flexibility index (Phi) is 4.94. The molecule has 0 bridgehead atoms. The number of benzene rings is 1. The van der Waals surface area contributed by atoms with Crippen LogP contribution in [-0.4, -0.2) is 23.5 Å². The van der Waals surface area contributed by atoms with E-state index in [-0.39, 0.29) is 18.1 Å². The van der Waals surface area contributed by atoms with E-state index in [1.165, 1.54) is 0 Å². The highest BCUT2D eigenvalue weighted by atomic mass is 35.5. The van der Waals surface area contributed by atoms with Crippen LogP contribution >= 0.6 is 11.6 Å². The van der Waals surface area contributed by atoms with Crippen LogP contribution in [0, 0.1) is 6.92 Å². The molecule has 1 aliphatic heterocycles. The van der Waals surface area contributed by atoms with Gasteiger partial charge in [0.05, 0.1) is 12.5 Å². The molecule has 0 aliphatic carbocycles. The number of carbonyl (C=O) groups excluding carboxylic acids is 1. The van der Waals surface area contributed by atoms with Gasteiger partial charge < -0.3 is 10.1 Å². The topological polar surface area (TPSA) is 51.2 Å². The van der Waals surface area contributed by atoms with Gasteiger partial charge in [-0.15, -0.1) is 0 Å². The zero-order valence-electron chi connectivity index (χ0n) is 13.0. The highest BCUT2D eigenvalue weighted by Crippen LogP contribution is 2.30. The Labute approximate surface area is 140 Å². The van der Waals surface area contributed by atoms with Crippen molar-refractivity contribution in [3.05, 3.63) is 64.4 Å². The van der Waals surface area contributed by atoms with Crippen LogP contribution in [0.5, 0.6) is 0 Å². The van der Waals surface area contributed by atoms with Gasteiger partial charge in [-0.25, -0.2) is 0 Å². The molecule has 1 fully saturated rings. The molecule has 2 atom stereocenters. The summed E-state index contributed by atoms with van der Waals surface area (Å²) in [7, 11) is 0. The summed E-state index contributed by atoms with van der Waals surface area (Å²) in [6.45, 7) is 2.57. The number of aromatic nitrogens is 1. The van der Waals surface area contributed by atoms with Crippen molar-refractivity contribution < 1.29 is 9.53 Å². The van der Waals surface area contributed by atoms with Crippen molar-refractivity contribution in [3.63, 3.8) is 0 Å². The number of hydrogen-bond acceptors (Lipinski definition) is 3. The lowest BCUT2D eigenvalue weighted by atomic mass is 10.0. The highest BCUT2D eigenvalue weighted by Gasteiger charge is 2.30. The lowest BCUT2D eigenvalue weighted by Crippen LogP contribution is -2.37. The summed E-state index contributed by atoms with van der Waals surface area (Å²) in [6, 6.07) is 11.4. The van der Waals surface area contributed by atoms with Gasteiger partial charge >= 0.3 is 0 Å². The van der Waals surface area contributed by atoms with Crippen LogP contribution in [0.3, 0.4) is 0 Å². The van der Waals surface area contributed by atoms with Crippen LogP contribution in [0.15, 0.2) is 42.6 Å². The number of nitrogens with one attached hydrogen (secondary N) is 1. The Balaban J connectivity index is 1.62. The first kappa shape index (κ1) is 16.0. The molecule has 1 amide bonds. The molecule has 0 unspecified atom stereocenters. The monoisotopic (exact) mass is 330 g/mol. The van der Waals surface area contributed by atoms with Crippen LogP contribution in [0.1, 0.15) is 29.3 Å². The lowest BCUT2D eigenvalue weighted by Gasteiger charge is -2.20. The molecule has 23 heavy (non-hydrogen) atoms. The Hall–Kier alpha value is -1.91. The van der Waals surface area contributed by atoms with Crippen molar-refractivity contribution in [2.24, 2.45) is 0 Å². The van der Waals surface area contributed by atoms with E-state index in [0.717, 1.165) is 23.2 Å². The Bertz CT molecular complexity index is 670. The molecule has 5 heteroatoms. The predicted molar refractivity (Wildman–Crippen MR) is 89.4 cm³/mol. The second-order valence-corrected chi connectivity index (χ2v) is 6.23. The first-order valence-corrected chi connectivity index (χ1v) is 8.07. The van der Waals surface area contributed by atoms with Crippen molar-refractivity contribution in [3.8, 4) is 0 Å². The van der Waals surface area contributed by atoms with Crippen molar-refractivity contribution in [1.82, 2.24) is 10.3 Å². The number of halogens is 1. The van der Waals surface area contributed by atoms with Gasteiger partial charge in [0, 0.05) is 23.5 Å². The van der Waals surface area contributed by atoms with Crippen LogP contribution in [-0.2, 0) is 16.0 Å². The van der Waals surface area contributed by atoms with E-state index in [1.807, 2.05) is 43.3 Å². The SMILES string of the molecule is Cc1ccc(CC(=O)N[C@@H]2CCO[C@H]2c2ccc(Cl)cc2)cn1. The molecular formula is C18H19ClN2O2. The van der Waals surface area contributed by atoms with Gasteiger partial charge in [-0.2, -0.15) is 0 Å². The third kappa shape index (κ3) is 4.09. The number of hydrogen-bond donors (Lipinski definition) is 1. The Morgan fingerprint density at radius 2 is 2.09 bits per heavy atom. The minimum Gasteiger partial charge on any atom is -0.371 e. The summed E-state index contributed by atoms with van der Waals surface area (Å²) in [5.74, 6) is -0.00915. The van der Waals surface area contributed by atoms with Crippen LogP contribution < -0.4 is 5.32 Å². The summed E-state index contributed by atoms with van der Waals surface area (Å²) in [5.41, 5.74) is 2.89. The molecule has 2 aromatic rings. The number of carbonyl (C=O) groups is 1. The maximum Gasteiger partial charge on any atom is 0.224 e. The molecular weight excluding hydrogens is 312 g/mol. The number of nitrogens with zero attached hydrogens (tertiary/aromatic N) is 1. The molecule has 1 N–H and O–H groups in total. The van der Waals surface area contributed by atoms with E-state index in [4.69, 9.17) is 16.3 Å². The van der Waals surface area contributed by atoms with E-state index in [0.29, 0.717) is 18.1 Å². The number of aryl methyl sites for hydroxylation is 1. The smallest absolute Gasteiger partial charge is 0.224 e. The molecule has 0 spiro atoms. The molecule has 0 saturated carbocycles. The van der Waals surface area contributed by atoms with E-state index in [2.05, 4.69) is 10.3 Å². The van der Waals surface area contributed by atoms with E-state index in [1.54, 1.807) is 6.20 Å². The Morgan fingerprint density at radius 3 is 2.78 bits per heavy atom. The fourth-order valence-electron chi connectivity index (χ4n) is 2.76. The molecule has 2 heterocycles. The van der Waals surface area contributed by atoms with Gasteiger partial charge in [-0.05, 0) is 42.7 Å². The fourth-order valence-corrected chi connectivity index (χ4v) is 2.89. The average molecular weight is 331 g/mol. The fraction of sp³-hybridized carbons (Fsp3) is 0.333. The van der Waals surface area contributed by atoms with Crippen molar-refractivity contribution in [2.75, 3.05) is 6.61 Å². The number of ether oxygens (including phenoxy) is 1. The zero-order valence-corrected chi connectivity index (χ0v) is 13.7. The summed E-state index contributed by atoms with van der Waals surface area (Å²) >= 11 is 5.92. The summed E-state index contributed by atoms with van der Waals surface area (Å²) in [5, 5.41) is 3.77. The average Bonchev–Trinajstić information content (AvgIpc) is 2.98. The predicted octanol–water partition coefficient (Wildman–Crippen LogP) is 3.23. The highest BCUT2D eigenvalue weighted by molar-refractivity contribution is 6.30. The third-order valence-corrected chi connectivity index (χ3v) is 4.23. The summed E-state index contributed by atoms with van der Waals surface area (Å²) in [4.78, 5) is 16.5. The maximum absolute atomic E-state index is 12.3. The van der Waals surface area contributed by atoms with Gasteiger partial charge in [0.2, 0.25) is 5.91 Å². The van der Waals surface area contributed by atoms with Crippen molar-refractivity contribution in [1.29, 1.82) is 0 Å².